The van der Waals surface area contributed by atoms with Crippen molar-refractivity contribution in [3.63, 3.8) is 0 Å². The lowest BCUT2D eigenvalue weighted by molar-refractivity contribution is -0.137. The van der Waals surface area contributed by atoms with E-state index in [4.69, 9.17) is 0 Å². The molecule has 0 fully saturated rings. The predicted molar refractivity (Wildman–Crippen MR) is 73.5 cm³/mol. The van der Waals surface area contributed by atoms with Crippen molar-refractivity contribution in [2.24, 2.45) is 0 Å². The van der Waals surface area contributed by atoms with E-state index in [-0.39, 0.29) is 12.3 Å². The van der Waals surface area contributed by atoms with Crippen LogP contribution in [0.4, 0.5) is 24.5 Å². The van der Waals surface area contributed by atoms with Gasteiger partial charge in [-0.15, -0.1) is 0 Å². The molecular formula is C16H12F3NO. The maximum atomic E-state index is 12.8. The van der Waals surface area contributed by atoms with Crippen molar-refractivity contribution in [2.75, 3.05) is 4.90 Å². The average molecular weight is 291 g/mol. The first kappa shape index (κ1) is 13.7. The van der Waals surface area contributed by atoms with Crippen LogP contribution in [0.25, 0.3) is 0 Å². The number of hydrogen-bond acceptors (Lipinski definition) is 1. The molecule has 0 spiro atoms. The molecule has 1 amide bonds. The molecule has 2 nitrogen and oxygen atoms in total. The average Bonchev–Trinajstić information content (AvgIpc) is 2.74. The third kappa shape index (κ3) is 2.39. The summed E-state index contributed by atoms with van der Waals surface area (Å²) in [5.74, 6) is -0.215. The molecule has 2 aromatic carbocycles. The topological polar surface area (TPSA) is 20.3 Å². The van der Waals surface area contributed by atoms with Gasteiger partial charge in [-0.2, -0.15) is 13.2 Å². The summed E-state index contributed by atoms with van der Waals surface area (Å²) in [4.78, 5) is 13.5. The summed E-state index contributed by atoms with van der Waals surface area (Å²) >= 11 is 0. The van der Waals surface area contributed by atoms with Crippen LogP contribution in [0, 0.1) is 6.92 Å². The number of benzene rings is 2. The minimum atomic E-state index is -4.42. The molecule has 0 N–H and O–H groups in total. The lowest BCUT2D eigenvalue weighted by Crippen LogP contribution is -2.21. The van der Waals surface area contributed by atoms with Gasteiger partial charge in [0.2, 0.25) is 5.91 Å². The molecule has 21 heavy (non-hydrogen) atoms. The minimum Gasteiger partial charge on any atom is -0.280 e. The quantitative estimate of drug-likeness (QED) is 0.769. The van der Waals surface area contributed by atoms with Gasteiger partial charge in [0.25, 0.3) is 0 Å². The SMILES string of the molecule is Cc1ccc(N2C(=O)Cc3ccc(C(F)(F)F)cc32)cc1. The summed E-state index contributed by atoms with van der Waals surface area (Å²) in [5.41, 5.74) is 1.80. The molecule has 0 aromatic heterocycles. The zero-order valence-electron chi connectivity index (χ0n) is 11.2. The van der Waals surface area contributed by atoms with Gasteiger partial charge in [-0.25, -0.2) is 0 Å². The number of carbonyl (C=O) groups is 1. The van der Waals surface area contributed by atoms with E-state index in [2.05, 4.69) is 0 Å². The molecule has 0 unspecified atom stereocenters. The Morgan fingerprint density at radius 2 is 1.71 bits per heavy atom. The predicted octanol–water partition coefficient (Wildman–Crippen LogP) is 4.23. The van der Waals surface area contributed by atoms with Crippen LogP contribution in [-0.2, 0) is 17.4 Å². The Bertz CT molecular complexity index is 704. The Kier molecular flexibility index (Phi) is 3.01. The second-order valence-corrected chi connectivity index (χ2v) is 5.08. The van der Waals surface area contributed by atoms with Crippen LogP contribution in [0.15, 0.2) is 42.5 Å². The first-order valence-corrected chi connectivity index (χ1v) is 6.46. The van der Waals surface area contributed by atoms with Gasteiger partial charge < -0.3 is 0 Å². The van der Waals surface area contributed by atoms with Crippen LogP contribution < -0.4 is 4.90 Å². The van der Waals surface area contributed by atoms with Gasteiger partial charge in [-0.05, 0) is 36.8 Å². The summed E-state index contributed by atoms with van der Waals surface area (Å²) in [5, 5.41) is 0. The summed E-state index contributed by atoms with van der Waals surface area (Å²) < 4.78 is 38.5. The molecule has 5 heteroatoms. The van der Waals surface area contributed by atoms with Crippen LogP contribution in [0.3, 0.4) is 0 Å². The van der Waals surface area contributed by atoms with Gasteiger partial charge in [-0.3, -0.25) is 9.69 Å². The summed E-state index contributed by atoms with van der Waals surface area (Å²) in [7, 11) is 0. The number of fused-ring (bicyclic) bond motifs is 1. The number of aryl methyl sites for hydroxylation is 1. The zero-order valence-corrected chi connectivity index (χ0v) is 11.2. The molecule has 2 aromatic rings. The molecular weight excluding hydrogens is 279 g/mol. The molecule has 0 saturated carbocycles. The molecule has 3 rings (SSSR count). The number of amides is 1. The fourth-order valence-corrected chi connectivity index (χ4v) is 2.45. The molecule has 0 saturated heterocycles. The van der Waals surface area contributed by atoms with Gasteiger partial charge in [0.15, 0.2) is 0 Å². The van der Waals surface area contributed by atoms with E-state index in [1.807, 2.05) is 19.1 Å². The highest BCUT2D eigenvalue weighted by molar-refractivity contribution is 6.07. The van der Waals surface area contributed by atoms with Crippen molar-refractivity contribution in [1.29, 1.82) is 0 Å². The third-order valence-corrected chi connectivity index (χ3v) is 3.54. The maximum Gasteiger partial charge on any atom is 0.416 e. The van der Waals surface area contributed by atoms with E-state index < -0.39 is 11.7 Å². The van der Waals surface area contributed by atoms with E-state index in [0.717, 1.165) is 17.7 Å². The number of anilines is 2. The van der Waals surface area contributed by atoms with Crippen LogP contribution in [0.5, 0.6) is 0 Å². The monoisotopic (exact) mass is 291 g/mol. The Labute approximate surface area is 119 Å². The van der Waals surface area contributed by atoms with Gasteiger partial charge >= 0.3 is 6.18 Å². The highest BCUT2D eigenvalue weighted by Gasteiger charge is 2.35. The first-order valence-electron chi connectivity index (χ1n) is 6.46. The lowest BCUT2D eigenvalue weighted by atomic mass is 10.1. The zero-order chi connectivity index (χ0) is 15.2. The Morgan fingerprint density at radius 1 is 1.05 bits per heavy atom. The fraction of sp³-hybridized carbons (Fsp3) is 0.188. The Morgan fingerprint density at radius 3 is 2.33 bits per heavy atom. The van der Waals surface area contributed by atoms with Crippen LogP contribution in [0.1, 0.15) is 16.7 Å². The number of carbonyl (C=O) groups excluding carboxylic acids is 1. The van der Waals surface area contributed by atoms with Gasteiger partial charge in [0.05, 0.1) is 17.7 Å². The van der Waals surface area contributed by atoms with Crippen molar-refractivity contribution in [3.05, 3.63) is 59.2 Å². The van der Waals surface area contributed by atoms with E-state index in [1.165, 1.54) is 11.0 Å². The van der Waals surface area contributed by atoms with Crippen LogP contribution >= 0.6 is 0 Å². The van der Waals surface area contributed by atoms with Crippen molar-refractivity contribution in [3.8, 4) is 0 Å². The largest absolute Gasteiger partial charge is 0.416 e. The molecule has 0 bridgehead atoms. The van der Waals surface area contributed by atoms with E-state index in [1.54, 1.807) is 12.1 Å². The van der Waals surface area contributed by atoms with Crippen molar-refractivity contribution < 1.29 is 18.0 Å². The number of halogens is 3. The third-order valence-electron chi connectivity index (χ3n) is 3.54. The van der Waals surface area contributed by atoms with Gasteiger partial charge in [0, 0.05) is 5.69 Å². The summed E-state index contributed by atoms with van der Waals surface area (Å²) in [6, 6.07) is 10.6. The molecule has 108 valence electrons. The van der Waals surface area contributed by atoms with Crippen molar-refractivity contribution >= 4 is 17.3 Å². The van der Waals surface area contributed by atoms with Gasteiger partial charge in [-0.1, -0.05) is 23.8 Å². The number of nitrogens with zero attached hydrogens (tertiary/aromatic N) is 1. The maximum absolute atomic E-state index is 12.8. The summed E-state index contributed by atoms with van der Waals surface area (Å²) in [6.07, 6.45) is -4.29. The fourth-order valence-electron chi connectivity index (χ4n) is 2.45. The van der Waals surface area contributed by atoms with Crippen molar-refractivity contribution in [1.82, 2.24) is 0 Å². The van der Waals surface area contributed by atoms with Crippen LogP contribution in [-0.4, -0.2) is 5.91 Å². The molecule has 0 radical (unpaired) electrons. The molecule has 1 aliphatic heterocycles. The Hall–Kier alpha value is -2.30. The number of alkyl halides is 3. The number of hydrogen-bond donors (Lipinski definition) is 0. The van der Waals surface area contributed by atoms with Crippen LogP contribution in [0.2, 0.25) is 0 Å². The second-order valence-electron chi connectivity index (χ2n) is 5.08. The molecule has 1 aliphatic rings. The molecule has 0 atom stereocenters. The van der Waals surface area contributed by atoms with Gasteiger partial charge in [0.1, 0.15) is 0 Å². The second kappa shape index (κ2) is 4.62. The molecule has 0 aliphatic carbocycles. The van der Waals surface area contributed by atoms with E-state index in [9.17, 15) is 18.0 Å². The first-order chi connectivity index (χ1) is 9.86. The van der Waals surface area contributed by atoms with Crippen molar-refractivity contribution in [2.45, 2.75) is 19.5 Å². The smallest absolute Gasteiger partial charge is 0.280 e. The minimum absolute atomic E-state index is 0.126. The van der Waals surface area contributed by atoms with E-state index in [0.29, 0.717) is 16.9 Å². The molecule has 1 heterocycles. The Balaban J connectivity index is 2.09. The standard InChI is InChI=1S/C16H12F3NO/c1-10-2-6-13(7-3-10)20-14-9-12(16(17,18)19)5-4-11(14)8-15(20)21/h2-7,9H,8H2,1H3. The lowest BCUT2D eigenvalue weighted by Gasteiger charge is -2.19. The number of rotatable bonds is 1. The normalized spacial score (nSPS) is 14.5. The highest BCUT2D eigenvalue weighted by Crippen LogP contribution is 2.39. The summed E-state index contributed by atoms with van der Waals surface area (Å²) in [6.45, 7) is 1.91. The highest BCUT2D eigenvalue weighted by atomic mass is 19.4. The van der Waals surface area contributed by atoms with E-state index >= 15 is 0 Å².